The zero-order valence-corrected chi connectivity index (χ0v) is 13.0. The largest absolute Gasteiger partial charge is 0.246 e. The fourth-order valence-electron chi connectivity index (χ4n) is 2.65. The van der Waals surface area contributed by atoms with Gasteiger partial charge in [0.15, 0.2) is 5.65 Å². The molecule has 0 aliphatic carbocycles. The Kier molecular flexibility index (Phi) is 2.87. The number of benzene rings is 1. The van der Waals surface area contributed by atoms with E-state index in [0.29, 0.717) is 5.15 Å². The quantitative estimate of drug-likeness (QED) is 0.495. The van der Waals surface area contributed by atoms with Crippen LogP contribution < -0.4 is 0 Å². The van der Waals surface area contributed by atoms with E-state index in [1.165, 1.54) is 0 Å². The Bertz CT molecular complexity index is 1020. The van der Waals surface area contributed by atoms with Crippen LogP contribution >= 0.6 is 11.6 Å². The van der Waals surface area contributed by atoms with Crippen molar-refractivity contribution in [2.24, 2.45) is 0 Å². The summed E-state index contributed by atoms with van der Waals surface area (Å²) < 4.78 is 1.64. The van der Waals surface area contributed by atoms with Gasteiger partial charge in [0, 0.05) is 17.1 Å². The molecule has 0 spiro atoms. The maximum atomic E-state index is 6.24. The SMILES string of the molecule is Cc1cc(Cl)n2nc(-c3nc4ccccc4cc3C)cc2n1. The molecule has 22 heavy (non-hydrogen) atoms. The molecule has 4 rings (SSSR count). The van der Waals surface area contributed by atoms with Crippen molar-refractivity contribution in [3.63, 3.8) is 0 Å². The number of rotatable bonds is 1. The molecule has 0 fully saturated rings. The van der Waals surface area contributed by atoms with Gasteiger partial charge in [0.1, 0.15) is 10.8 Å². The van der Waals surface area contributed by atoms with E-state index >= 15 is 0 Å². The summed E-state index contributed by atoms with van der Waals surface area (Å²) in [5.41, 5.74) is 5.27. The molecule has 108 valence electrons. The van der Waals surface area contributed by atoms with Gasteiger partial charge < -0.3 is 0 Å². The molecule has 5 heteroatoms. The highest BCUT2D eigenvalue weighted by molar-refractivity contribution is 6.29. The van der Waals surface area contributed by atoms with Crippen LogP contribution in [0.15, 0.2) is 42.5 Å². The number of pyridine rings is 1. The second-order valence-electron chi connectivity index (χ2n) is 5.37. The van der Waals surface area contributed by atoms with Gasteiger partial charge in [-0.3, -0.25) is 0 Å². The molecule has 0 atom stereocenters. The van der Waals surface area contributed by atoms with Crippen molar-refractivity contribution in [1.82, 2.24) is 19.6 Å². The maximum absolute atomic E-state index is 6.24. The molecule has 0 aliphatic rings. The number of aryl methyl sites for hydroxylation is 2. The van der Waals surface area contributed by atoms with Gasteiger partial charge in [-0.05, 0) is 37.6 Å². The molecule has 0 aliphatic heterocycles. The van der Waals surface area contributed by atoms with Gasteiger partial charge in [0.05, 0.1) is 11.2 Å². The lowest BCUT2D eigenvalue weighted by atomic mass is 10.1. The van der Waals surface area contributed by atoms with Crippen molar-refractivity contribution in [2.75, 3.05) is 0 Å². The summed E-state index contributed by atoms with van der Waals surface area (Å²) in [5.74, 6) is 0. The summed E-state index contributed by atoms with van der Waals surface area (Å²) in [6.07, 6.45) is 0. The Morgan fingerprint density at radius 1 is 1.00 bits per heavy atom. The fraction of sp³-hybridized carbons (Fsp3) is 0.118. The Morgan fingerprint density at radius 2 is 1.82 bits per heavy atom. The first-order valence-electron chi connectivity index (χ1n) is 7.01. The number of aromatic nitrogens is 4. The average Bonchev–Trinajstić information content (AvgIpc) is 2.90. The van der Waals surface area contributed by atoms with Crippen molar-refractivity contribution >= 4 is 28.2 Å². The standard InChI is InChI=1S/C17H13ClN4/c1-10-7-12-5-3-4-6-13(12)20-17(10)14-9-16-19-11(2)8-15(18)22(16)21-14/h3-9H,1-2H3. The number of hydrogen-bond acceptors (Lipinski definition) is 3. The lowest BCUT2D eigenvalue weighted by Gasteiger charge is -2.04. The molecule has 0 saturated carbocycles. The molecule has 3 heterocycles. The smallest absolute Gasteiger partial charge is 0.157 e. The lowest BCUT2D eigenvalue weighted by Crippen LogP contribution is -1.95. The van der Waals surface area contributed by atoms with Crippen molar-refractivity contribution in [1.29, 1.82) is 0 Å². The molecule has 0 saturated heterocycles. The van der Waals surface area contributed by atoms with Gasteiger partial charge >= 0.3 is 0 Å². The zero-order chi connectivity index (χ0) is 15.3. The molecule has 4 nitrogen and oxygen atoms in total. The summed E-state index contributed by atoms with van der Waals surface area (Å²) in [4.78, 5) is 9.21. The third-order valence-corrected chi connectivity index (χ3v) is 3.94. The summed E-state index contributed by atoms with van der Waals surface area (Å²) in [6, 6.07) is 13.9. The van der Waals surface area contributed by atoms with Crippen molar-refractivity contribution < 1.29 is 0 Å². The first-order valence-corrected chi connectivity index (χ1v) is 7.39. The Hall–Kier alpha value is -2.46. The van der Waals surface area contributed by atoms with Crippen LogP contribution in [0.5, 0.6) is 0 Å². The van der Waals surface area contributed by atoms with Crippen LogP contribution in [0, 0.1) is 13.8 Å². The first kappa shape index (κ1) is 13.2. The first-order chi connectivity index (χ1) is 10.6. The molecular formula is C17H13ClN4. The summed E-state index contributed by atoms with van der Waals surface area (Å²) in [5, 5.41) is 6.22. The third-order valence-electron chi connectivity index (χ3n) is 3.67. The molecule has 0 amide bonds. The van der Waals surface area contributed by atoms with Crippen molar-refractivity contribution in [3.05, 3.63) is 58.9 Å². The van der Waals surface area contributed by atoms with Gasteiger partial charge in [-0.2, -0.15) is 5.10 Å². The number of para-hydroxylation sites is 1. The van der Waals surface area contributed by atoms with E-state index in [2.05, 4.69) is 22.2 Å². The Labute approximate surface area is 132 Å². The molecule has 0 bridgehead atoms. The molecule has 0 radical (unpaired) electrons. The minimum Gasteiger partial charge on any atom is -0.246 e. The van der Waals surface area contributed by atoms with E-state index < -0.39 is 0 Å². The van der Waals surface area contributed by atoms with Gasteiger partial charge in [-0.15, -0.1) is 0 Å². The second-order valence-corrected chi connectivity index (χ2v) is 5.75. The van der Waals surface area contributed by atoms with Crippen molar-refractivity contribution in [2.45, 2.75) is 13.8 Å². The molecular weight excluding hydrogens is 296 g/mol. The van der Waals surface area contributed by atoms with Crippen LogP contribution in [0.2, 0.25) is 5.15 Å². The molecule has 0 N–H and O–H groups in total. The van der Waals surface area contributed by atoms with E-state index in [1.807, 2.05) is 38.1 Å². The van der Waals surface area contributed by atoms with Crippen LogP contribution in [0.4, 0.5) is 0 Å². The minimum atomic E-state index is 0.548. The molecule has 3 aromatic heterocycles. The predicted octanol–water partition coefficient (Wildman–Crippen LogP) is 4.21. The van der Waals surface area contributed by atoms with Crippen LogP contribution in [0.25, 0.3) is 27.9 Å². The predicted molar refractivity (Wildman–Crippen MR) is 88.2 cm³/mol. The number of halogens is 1. The third kappa shape index (κ3) is 2.04. The van der Waals surface area contributed by atoms with Crippen LogP contribution in [-0.2, 0) is 0 Å². The van der Waals surface area contributed by atoms with E-state index in [1.54, 1.807) is 10.6 Å². The molecule has 0 unspecified atom stereocenters. The second kappa shape index (κ2) is 4.78. The van der Waals surface area contributed by atoms with Crippen LogP contribution in [-0.4, -0.2) is 19.6 Å². The van der Waals surface area contributed by atoms with E-state index in [4.69, 9.17) is 16.6 Å². The van der Waals surface area contributed by atoms with E-state index in [9.17, 15) is 0 Å². The number of nitrogens with zero attached hydrogens (tertiary/aromatic N) is 4. The van der Waals surface area contributed by atoms with Gasteiger partial charge in [-0.25, -0.2) is 14.5 Å². The Morgan fingerprint density at radius 3 is 2.68 bits per heavy atom. The minimum absolute atomic E-state index is 0.548. The van der Waals surface area contributed by atoms with Gasteiger partial charge in [0.25, 0.3) is 0 Å². The summed E-state index contributed by atoms with van der Waals surface area (Å²) in [7, 11) is 0. The highest BCUT2D eigenvalue weighted by Gasteiger charge is 2.12. The normalized spacial score (nSPS) is 11.4. The topological polar surface area (TPSA) is 43.1 Å². The highest BCUT2D eigenvalue weighted by atomic mass is 35.5. The zero-order valence-electron chi connectivity index (χ0n) is 12.2. The fourth-order valence-corrected chi connectivity index (χ4v) is 2.93. The maximum Gasteiger partial charge on any atom is 0.157 e. The average molecular weight is 309 g/mol. The highest BCUT2D eigenvalue weighted by Crippen LogP contribution is 2.26. The van der Waals surface area contributed by atoms with Crippen LogP contribution in [0.1, 0.15) is 11.3 Å². The number of hydrogen-bond donors (Lipinski definition) is 0. The van der Waals surface area contributed by atoms with Gasteiger partial charge in [-0.1, -0.05) is 29.8 Å². The Balaban J connectivity index is 1.98. The summed E-state index contributed by atoms with van der Waals surface area (Å²) >= 11 is 6.24. The van der Waals surface area contributed by atoms with Crippen LogP contribution in [0.3, 0.4) is 0 Å². The van der Waals surface area contributed by atoms with Gasteiger partial charge in [0.2, 0.25) is 0 Å². The molecule has 1 aromatic carbocycles. The monoisotopic (exact) mass is 308 g/mol. The number of fused-ring (bicyclic) bond motifs is 2. The van der Waals surface area contributed by atoms with E-state index in [-0.39, 0.29) is 0 Å². The molecule has 4 aromatic rings. The lowest BCUT2D eigenvalue weighted by molar-refractivity contribution is 0.931. The van der Waals surface area contributed by atoms with E-state index in [0.717, 1.165) is 39.2 Å². The summed E-state index contributed by atoms with van der Waals surface area (Å²) in [6.45, 7) is 3.96. The van der Waals surface area contributed by atoms with Crippen molar-refractivity contribution in [3.8, 4) is 11.4 Å².